The second-order valence-corrected chi connectivity index (χ2v) is 4.06. The lowest BCUT2D eigenvalue weighted by molar-refractivity contribution is 0.194. The third-order valence-electron chi connectivity index (χ3n) is 2.77. The summed E-state index contributed by atoms with van der Waals surface area (Å²) in [5, 5.41) is 3.90. The van der Waals surface area contributed by atoms with E-state index in [1.807, 2.05) is 0 Å². The van der Waals surface area contributed by atoms with Gasteiger partial charge in [0.15, 0.2) is 5.82 Å². The molecule has 16 heavy (non-hydrogen) atoms. The van der Waals surface area contributed by atoms with E-state index in [9.17, 15) is 0 Å². The molecule has 0 bridgehead atoms. The van der Waals surface area contributed by atoms with Gasteiger partial charge in [-0.15, -0.1) is 0 Å². The van der Waals surface area contributed by atoms with E-state index in [4.69, 9.17) is 15.0 Å². The molecule has 1 aromatic heterocycles. The zero-order chi connectivity index (χ0) is 12.0. The first kappa shape index (κ1) is 13.1. The van der Waals surface area contributed by atoms with Crippen LogP contribution in [0.15, 0.2) is 4.52 Å². The van der Waals surface area contributed by atoms with E-state index < -0.39 is 0 Å². The summed E-state index contributed by atoms with van der Waals surface area (Å²) in [4.78, 5) is 4.29. The van der Waals surface area contributed by atoms with Crippen LogP contribution < -0.4 is 5.73 Å². The molecule has 5 nitrogen and oxygen atoms in total. The average molecular weight is 227 g/mol. The number of aromatic nitrogens is 2. The van der Waals surface area contributed by atoms with Crippen molar-refractivity contribution in [1.82, 2.24) is 10.1 Å². The van der Waals surface area contributed by atoms with E-state index in [2.05, 4.69) is 24.0 Å². The molecule has 0 fully saturated rings. The van der Waals surface area contributed by atoms with Crippen LogP contribution >= 0.6 is 0 Å². The lowest BCUT2D eigenvalue weighted by atomic mass is 10.0. The normalized spacial score (nSPS) is 15.0. The number of nitrogens with zero attached hydrogens (tertiary/aromatic N) is 2. The number of methoxy groups -OCH3 is 1. The lowest BCUT2D eigenvalue weighted by Crippen LogP contribution is -2.18. The fraction of sp³-hybridized carbons (Fsp3) is 0.818. The molecular weight excluding hydrogens is 206 g/mol. The molecule has 0 saturated heterocycles. The number of aryl methyl sites for hydroxylation is 1. The van der Waals surface area contributed by atoms with Crippen LogP contribution in [0.1, 0.15) is 44.4 Å². The van der Waals surface area contributed by atoms with Crippen molar-refractivity contribution in [2.45, 2.75) is 39.2 Å². The van der Waals surface area contributed by atoms with E-state index in [1.165, 1.54) is 0 Å². The largest absolute Gasteiger partial charge is 0.385 e. The summed E-state index contributed by atoms with van der Waals surface area (Å²) < 4.78 is 10.1. The average Bonchev–Trinajstić information content (AvgIpc) is 2.76. The van der Waals surface area contributed by atoms with E-state index in [-0.39, 0.29) is 6.04 Å². The smallest absolute Gasteiger partial charge is 0.243 e. The van der Waals surface area contributed by atoms with E-state index >= 15 is 0 Å². The van der Waals surface area contributed by atoms with Crippen molar-refractivity contribution >= 4 is 0 Å². The van der Waals surface area contributed by atoms with Crippen molar-refractivity contribution < 1.29 is 9.26 Å². The summed E-state index contributed by atoms with van der Waals surface area (Å²) in [7, 11) is 1.68. The Bertz CT molecular complexity index is 301. The topological polar surface area (TPSA) is 74.2 Å². The van der Waals surface area contributed by atoms with Crippen LogP contribution in [0.3, 0.4) is 0 Å². The molecule has 1 rings (SSSR count). The number of hydrogen-bond acceptors (Lipinski definition) is 5. The van der Waals surface area contributed by atoms with Crippen molar-refractivity contribution in [1.29, 1.82) is 0 Å². The molecule has 2 N–H and O–H groups in total. The highest BCUT2D eigenvalue weighted by Gasteiger charge is 2.19. The second kappa shape index (κ2) is 6.60. The lowest BCUT2D eigenvalue weighted by Gasteiger charge is -2.12. The van der Waals surface area contributed by atoms with Crippen LogP contribution in [0.25, 0.3) is 0 Å². The van der Waals surface area contributed by atoms with Gasteiger partial charge in [-0.2, -0.15) is 4.98 Å². The summed E-state index contributed by atoms with van der Waals surface area (Å²) in [6.45, 7) is 4.89. The van der Waals surface area contributed by atoms with Crippen LogP contribution in [0.2, 0.25) is 0 Å². The highest BCUT2D eigenvalue weighted by Crippen LogP contribution is 2.20. The molecule has 0 aliphatic carbocycles. The first-order valence-corrected chi connectivity index (χ1v) is 5.76. The van der Waals surface area contributed by atoms with E-state index in [1.54, 1.807) is 7.11 Å². The van der Waals surface area contributed by atoms with Crippen molar-refractivity contribution in [3.8, 4) is 0 Å². The van der Waals surface area contributed by atoms with Gasteiger partial charge in [0.1, 0.15) is 0 Å². The van der Waals surface area contributed by atoms with E-state index in [0.717, 1.165) is 19.3 Å². The zero-order valence-electron chi connectivity index (χ0n) is 10.3. The van der Waals surface area contributed by atoms with Gasteiger partial charge in [-0.05, 0) is 12.3 Å². The number of nitrogens with two attached hydrogens (primary N) is 1. The van der Waals surface area contributed by atoms with Gasteiger partial charge in [0, 0.05) is 20.1 Å². The Morgan fingerprint density at radius 2 is 2.25 bits per heavy atom. The van der Waals surface area contributed by atoms with Crippen LogP contribution in [-0.2, 0) is 11.2 Å². The highest BCUT2D eigenvalue weighted by molar-refractivity contribution is 4.93. The van der Waals surface area contributed by atoms with Crippen LogP contribution in [-0.4, -0.2) is 23.9 Å². The van der Waals surface area contributed by atoms with Crippen molar-refractivity contribution in [2.24, 2.45) is 11.7 Å². The third-order valence-corrected chi connectivity index (χ3v) is 2.77. The Kier molecular flexibility index (Phi) is 5.42. The monoisotopic (exact) mass is 227 g/mol. The van der Waals surface area contributed by atoms with Crippen LogP contribution in [0.5, 0.6) is 0 Å². The Balaban J connectivity index is 2.50. The zero-order valence-corrected chi connectivity index (χ0v) is 10.3. The molecule has 0 aliphatic heterocycles. The third kappa shape index (κ3) is 3.57. The predicted molar refractivity (Wildman–Crippen MR) is 60.9 cm³/mol. The Labute approximate surface area is 96.4 Å². The minimum absolute atomic E-state index is 0.159. The fourth-order valence-corrected chi connectivity index (χ4v) is 1.38. The molecule has 1 heterocycles. The van der Waals surface area contributed by atoms with Gasteiger partial charge < -0.3 is 15.0 Å². The summed E-state index contributed by atoms with van der Waals surface area (Å²) >= 11 is 0. The van der Waals surface area contributed by atoms with Gasteiger partial charge >= 0.3 is 0 Å². The molecule has 1 aromatic rings. The summed E-state index contributed by atoms with van der Waals surface area (Å²) in [6, 6.07) is -0.159. The summed E-state index contributed by atoms with van der Waals surface area (Å²) in [6.07, 6.45) is 2.67. The molecule has 0 spiro atoms. The Morgan fingerprint density at radius 1 is 1.50 bits per heavy atom. The molecule has 5 heteroatoms. The van der Waals surface area contributed by atoms with E-state index in [0.29, 0.717) is 24.2 Å². The maximum absolute atomic E-state index is 6.00. The maximum Gasteiger partial charge on any atom is 0.243 e. The first-order valence-electron chi connectivity index (χ1n) is 5.76. The minimum Gasteiger partial charge on any atom is -0.385 e. The molecule has 0 aromatic carbocycles. The first-order chi connectivity index (χ1) is 7.69. The minimum atomic E-state index is -0.159. The Hall–Kier alpha value is -0.940. The second-order valence-electron chi connectivity index (χ2n) is 4.06. The molecule has 2 unspecified atom stereocenters. The van der Waals surface area contributed by atoms with Gasteiger partial charge in [-0.1, -0.05) is 25.4 Å². The van der Waals surface area contributed by atoms with Gasteiger partial charge in [-0.3, -0.25) is 0 Å². The molecule has 0 saturated carbocycles. The van der Waals surface area contributed by atoms with Crippen molar-refractivity contribution in [2.75, 3.05) is 13.7 Å². The maximum atomic E-state index is 6.00. The van der Waals surface area contributed by atoms with Gasteiger partial charge in [0.25, 0.3) is 0 Å². The van der Waals surface area contributed by atoms with Crippen molar-refractivity contribution in [3.63, 3.8) is 0 Å². The van der Waals surface area contributed by atoms with Gasteiger partial charge in [0.05, 0.1) is 6.04 Å². The fourth-order valence-electron chi connectivity index (χ4n) is 1.38. The Morgan fingerprint density at radius 3 is 2.88 bits per heavy atom. The van der Waals surface area contributed by atoms with Crippen LogP contribution in [0.4, 0.5) is 0 Å². The molecular formula is C11H21N3O2. The number of ether oxygens (including phenoxy) is 1. The summed E-state index contributed by atoms with van der Waals surface area (Å²) in [5.41, 5.74) is 6.00. The molecule has 92 valence electrons. The molecule has 2 atom stereocenters. The molecule has 0 amide bonds. The standard InChI is InChI=1S/C11H21N3O2/c1-4-8(2)10(12)11-13-9(14-16-11)6-5-7-15-3/h8,10H,4-7,12H2,1-3H3. The van der Waals surface area contributed by atoms with Crippen molar-refractivity contribution in [3.05, 3.63) is 11.7 Å². The van der Waals surface area contributed by atoms with Gasteiger partial charge in [0.2, 0.25) is 5.89 Å². The quantitative estimate of drug-likeness (QED) is 0.717. The predicted octanol–water partition coefficient (Wildman–Crippen LogP) is 1.69. The van der Waals surface area contributed by atoms with Crippen LogP contribution in [0, 0.1) is 5.92 Å². The molecule has 0 aliphatic rings. The summed E-state index contributed by atoms with van der Waals surface area (Å²) in [5.74, 6) is 1.61. The SMILES string of the molecule is CCC(C)C(N)c1nc(CCCOC)no1. The highest BCUT2D eigenvalue weighted by atomic mass is 16.5. The molecule has 0 radical (unpaired) electrons. The number of rotatable bonds is 7. The number of hydrogen-bond donors (Lipinski definition) is 1. The van der Waals surface area contributed by atoms with Gasteiger partial charge in [-0.25, -0.2) is 0 Å².